The van der Waals surface area contributed by atoms with Gasteiger partial charge in [0.05, 0.1) is 17.5 Å². The normalized spacial score (nSPS) is 10.1. The number of halogens is 1. The molecule has 0 heterocycles. The first kappa shape index (κ1) is 19.9. The third kappa shape index (κ3) is 5.82. The van der Waals surface area contributed by atoms with Crippen LogP contribution in [0.1, 0.15) is 22.8 Å². The van der Waals surface area contributed by atoms with E-state index in [4.69, 9.17) is 22.1 Å². The van der Waals surface area contributed by atoms with Crippen molar-refractivity contribution in [2.24, 2.45) is 0 Å². The molecule has 0 saturated carbocycles. The predicted molar refractivity (Wildman–Crippen MR) is 107 cm³/mol. The number of carboxylic acid groups (broad SMARTS) is 1. The van der Waals surface area contributed by atoms with Gasteiger partial charge in [-0.1, -0.05) is 12.1 Å². The van der Waals surface area contributed by atoms with Crippen LogP contribution in [0.2, 0.25) is 0 Å². The molecular formula is C18H17BrN2O4S. The summed E-state index contributed by atoms with van der Waals surface area (Å²) < 4.78 is 6.09. The minimum Gasteiger partial charge on any atom is -0.493 e. The van der Waals surface area contributed by atoms with Crippen molar-refractivity contribution < 1.29 is 19.4 Å². The molecule has 26 heavy (non-hydrogen) atoms. The summed E-state index contributed by atoms with van der Waals surface area (Å²) in [6.45, 7) is 2.41. The number of carbonyl (C=O) groups excluding carboxylic acids is 1. The summed E-state index contributed by atoms with van der Waals surface area (Å²) in [6, 6.07) is 11.8. The Balaban J connectivity index is 1.95. The Morgan fingerprint density at radius 1 is 1.19 bits per heavy atom. The standard InChI is InChI=1S/C18H17BrN2O4S/c1-2-25-15-8-5-12(10-14(15)19)17(24)21-18(26)20-13-6-3-11(4-7-13)9-16(22)23/h3-8,10H,2,9H2,1H3,(H,22,23)(H2,20,21,24,26). The number of carbonyl (C=O) groups is 2. The van der Waals surface area contributed by atoms with E-state index < -0.39 is 5.97 Å². The molecule has 1 amide bonds. The minimum atomic E-state index is -0.894. The predicted octanol–water partition coefficient (Wildman–Crippen LogP) is 3.60. The third-order valence-electron chi connectivity index (χ3n) is 3.29. The van der Waals surface area contributed by atoms with Crippen LogP contribution in [0.5, 0.6) is 5.75 Å². The molecule has 0 bridgehead atoms. The van der Waals surface area contributed by atoms with Gasteiger partial charge in [0.1, 0.15) is 5.75 Å². The van der Waals surface area contributed by atoms with Crippen molar-refractivity contribution in [1.82, 2.24) is 5.32 Å². The fourth-order valence-electron chi connectivity index (χ4n) is 2.13. The van der Waals surface area contributed by atoms with Crippen molar-refractivity contribution in [3.05, 3.63) is 58.1 Å². The van der Waals surface area contributed by atoms with Crippen LogP contribution in [0.3, 0.4) is 0 Å². The van der Waals surface area contributed by atoms with Gasteiger partial charge in [0, 0.05) is 11.3 Å². The highest BCUT2D eigenvalue weighted by Crippen LogP contribution is 2.26. The van der Waals surface area contributed by atoms with Gasteiger partial charge in [-0.05, 0) is 71.0 Å². The second-order valence-corrected chi connectivity index (χ2v) is 6.52. The van der Waals surface area contributed by atoms with Gasteiger partial charge in [-0.25, -0.2) is 0 Å². The summed E-state index contributed by atoms with van der Waals surface area (Å²) in [5, 5.41) is 14.4. The van der Waals surface area contributed by atoms with E-state index in [-0.39, 0.29) is 17.4 Å². The minimum absolute atomic E-state index is 0.0475. The second kappa shape index (κ2) is 9.30. The van der Waals surface area contributed by atoms with Gasteiger partial charge in [0.2, 0.25) is 0 Å². The van der Waals surface area contributed by atoms with Gasteiger partial charge in [0.15, 0.2) is 5.11 Å². The Morgan fingerprint density at radius 3 is 2.46 bits per heavy atom. The SMILES string of the molecule is CCOc1ccc(C(=O)NC(=S)Nc2ccc(CC(=O)O)cc2)cc1Br. The smallest absolute Gasteiger partial charge is 0.307 e. The summed E-state index contributed by atoms with van der Waals surface area (Å²) >= 11 is 8.51. The highest BCUT2D eigenvalue weighted by molar-refractivity contribution is 9.10. The van der Waals surface area contributed by atoms with E-state index in [9.17, 15) is 9.59 Å². The number of rotatable bonds is 6. The highest BCUT2D eigenvalue weighted by atomic mass is 79.9. The first-order chi connectivity index (χ1) is 12.4. The van der Waals surface area contributed by atoms with Crippen LogP contribution in [0.15, 0.2) is 46.9 Å². The van der Waals surface area contributed by atoms with Crippen LogP contribution in [-0.2, 0) is 11.2 Å². The molecule has 2 aromatic rings. The van der Waals surface area contributed by atoms with E-state index in [0.29, 0.717) is 33.6 Å². The Morgan fingerprint density at radius 2 is 1.88 bits per heavy atom. The van der Waals surface area contributed by atoms with Gasteiger partial charge in [0.25, 0.3) is 5.91 Å². The molecule has 0 saturated heterocycles. The molecule has 3 N–H and O–H groups in total. The molecule has 0 spiro atoms. The fourth-order valence-corrected chi connectivity index (χ4v) is 2.84. The van der Waals surface area contributed by atoms with Gasteiger partial charge in [-0.2, -0.15) is 0 Å². The topological polar surface area (TPSA) is 87.7 Å². The number of amides is 1. The largest absolute Gasteiger partial charge is 0.493 e. The summed E-state index contributed by atoms with van der Waals surface area (Å²) in [7, 11) is 0. The fraction of sp³-hybridized carbons (Fsp3) is 0.167. The van der Waals surface area contributed by atoms with Crippen molar-refractivity contribution >= 4 is 50.8 Å². The summed E-state index contributed by atoms with van der Waals surface area (Å²) in [5.41, 5.74) is 1.76. The lowest BCUT2D eigenvalue weighted by molar-refractivity contribution is -0.136. The average molecular weight is 437 g/mol. The van der Waals surface area contributed by atoms with Crippen molar-refractivity contribution in [3.63, 3.8) is 0 Å². The van der Waals surface area contributed by atoms with E-state index in [1.807, 2.05) is 6.92 Å². The number of aliphatic carboxylic acids is 1. The van der Waals surface area contributed by atoms with E-state index in [2.05, 4.69) is 26.6 Å². The number of benzene rings is 2. The maximum Gasteiger partial charge on any atom is 0.307 e. The Hall–Kier alpha value is -2.45. The molecule has 2 aromatic carbocycles. The zero-order valence-corrected chi connectivity index (χ0v) is 16.3. The Bertz CT molecular complexity index is 824. The quantitative estimate of drug-likeness (QED) is 0.599. The molecule has 0 aromatic heterocycles. The molecule has 2 rings (SSSR count). The van der Waals surface area contributed by atoms with Gasteiger partial charge < -0.3 is 15.2 Å². The monoisotopic (exact) mass is 436 g/mol. The molecule has 0 aliphatic heterocycles. The molecule has 0 aliphatic carbocycles. The second-order valence-electron chi connectivity index (χ2n) is 5.25. The lowest BCUT2D eigenvalue weighted by Crippen LogP contribution is -2.34. The number of ether oxygens (including phenoxy) is 1. The molecule has 8 heteroatoms. The van der Waals surface area contributed by atoms with Crippen LogP contribution < -0.4 is 15.4 Å². The number of anilines is 1. The maximum absolute atomic E-state index is 12.3. The lowest BCUT2D eigenvalue weighted by atomic mass is 10.1. The number of hydrogen-bond donors (Lipinski definition) is 3. The van der Waals surface area contributed by atoms with Crippen LogP contribution in [0, 0.1) is 0 Å². The van der Waals surface area contributed by atoms with E-state index in [1.54, 1.807) is 42.5 Å². The van der Waals surface area contributed by atoms with Crippen LogP contribution in [0.4, 0.5) is 5.69 Å². The first-order valence-corrected chi connectivity index (χ1v) is 8.94. The molecule has 0 aliphatic rings. The van der Waals surface area contributed by atoms with Gasteiger partial charge in [-0.15, -0.1) is 0 Å². The molecule has 0 fully saturated rings. The molecule has 0 radical (unpaired) electrons. The number of carboxylic acids is 1. The zero-order chi connectivity index (χ0) is 19.1. The number of hydrogen-bond acceptors (Lipinski definition) is 4. The summed E-state index contributed by atoms with van der Waals surface area (Å²) in [6.07, 6.45) is -0.0475. The molecular weight excluding hydrogens is 420 g/mol. The van der Waals surface area contributed by atoms with Crippen LogP contribution in [-0.4, -0.2) is 28.7 Å². The first-order valence-electron chi connectivity index (χ1n) is 7.74. The highest BCUT2D eigenvalue weighted by Gasteiger charge is 2.11. The van der Waals surface area contributed by atoms with E-state index in [0.717, 1.165) is 0 Å². The summed E-state index contributed by atoms with van der Waals surface area (Å²) in [5.74, 6) is -0.588. The van der Waals surface area contributed by atoms with Gasteiger partial charge >= 0.3 is 5.97 Å². The molecule has 6 nitrogen and oxygen atoms in total. The van der Waals surface area contributed by atoms with E-state index in [1.165, 1.54) is 0 Å². The van der Waals surface area contributed by atoms with Crippen LogP contribution in [0.25, 0.3) is 0 Å². The van der Waals surface area contributed by atoms with Crippen molar-refractivity contribution in [3.8, 4) is 5.75 Å². The molecule has 136 valence electrons. The number of nitrogens with one attached hydrogen (secondary N) is 2. The number of thiocarbonyl (C=S) groups is 1. The molecule has 0 unspecified atom stereocenters. The van der Waals surface area contributed by atoms with Gasteiger partial charge in [-0.3, -0.25) is 14.9 Å². The van der Waals surface area contributed by atoms with Crippen molar-refractivity contribution in [2.75, 3.05) is 11.9 Å². The Labute approximate surface area is 164 Å². The molecule has 0 atom stereocenters. The Kier molecular flexibility index (Phi) is 7.11. The van der Waals surface area contributed by atoms with E-state index >= 15 is 0 Å². The third-order valence-corrected chi connectivity index (χ3v) is 4.11. The maximum atomic E-state index is 12.3. The average Bonchev–Trinajstić information content (AvgIpc) is 2.58. The van der Waals surface area contributed by atoms with Crippen molar-refractivity contribution in [1.29, 1.82) is 0 Å². The lowest BCUT2D eigenvalue weighted by Gasteiger charge is -2.11. The zero-order valence-electron chi connectivity index (χ0n) is 13.9. The van der Waals surface area contributed by atoms with Crippen molar-refractivity contribution in [2.45, 2.75) is 13.3 Å². The van der Waals surface area contributed by atoms with Crippen LogP contribution >= 0.6 is 28.1 Å². The summed E-state index contributed by atoms with van der Waals surface area (Å²) in [4.78, 5) is 23.0.